The first-order valence-electron chi connectivity index (χ1n) is 16.4. The molecule has 5 N–H and O–H groups in total. The fourth-order valence-corrected chi connectivity index (χ4v) is 6.01. The van der Waals surface area contributed by atoms with Crippen LogP contribution in [0.15, 0.2) is 72.8 Å². The van der Waals surface area contributed by atoms with E-state index in [1.165, 1.54) is 45.2 Å². The molecule has 4 atom stereocenters. The van der Waals surface area contributed by atoms with Gasteiger partial charge in [-0.1, -0.05) is 80.4 Å². The number of benzene rings is 3. The number of amides is 3. The highest BCUT2D eigenvalue weighted by Crippen LogP contribution is 2.40. The lowest BCUT2D eigenvalue weighted by Gasteiger charge is -2.34. The van der Waals surface area contributed by atoms with Crippen LogP contribution in [0.5, 0.6) is 5.75 Å². The summed E-state index contributed by atoms with van der Waals surface area (Å²) in [5.41, 5.74) is 8.26. The minimum atomic E-state index is -5.20. The summed E-state index contributed by atoms with van der Waals surface area (Å²) in [6.07, 6.45) is -2.56. The van der Waals surface area contributed by atoms with E-state index in [1.807, 2.05) is 0 Å². The third-order valence-electron chi connectivity index (χ3n) is 8.99. The van der Waals surface area contributed by atoms with Crippen molar-refractivity contribution in [3.63, 3.8) is 0 Å². The Morgan fingerprint density at radius 1 is 0.820 bits per heavy atom. The van der Waals surface area contributed by atoms with Gasteiger partial charge in [0.15, 0.2) is 0 Å². The van der Waals surface area contributed by atoms with Crippen LogP contribution in [0, 0.1) is 11.8 Å². The van der Waals surface area contributed by atoms with Crippen molar-refractivity contribution >= 4 is 35.1 Å². The molecule has 0 radical (unpaired) electrons. The van der Waals surface area contributed by atoms with Crippen LogP contribution in [0.2, 0.25) is 5.02 Å². The molecule has 9 nitrogen and oxygen atoms in total. The molecule has 3 amide bonds. The average molecular weight is 715 g/mol. The second-order valence-electron chi connectivity index (χ2n) is 12.8. The lowest BCUT2D eigenvalue weighted by molar-refractivity contribution is -0.175. The van der Waals surface area contributed by atoms with Crippen molar-refractivity contribution in [3.8, 4) is 5.75 Å². The van der Waals surface area contributed by atoms with Gasteiger partial charge in [-0.15, -0.1) is 0 Å². The highest BCUT2D eigenvalue weighted by atomic mass is 35.5. The molecule has 50 heavy (non-hydrogen) atoms. The molecule has 268 valence electrons. The van der Waals surface area contributed by atoms with Crippen LogP contribution in [0.4, 0.5) is 13.2 Å². The number of alkyl halides is 3. The van der Waals surface area contributed by atoms with Crippen LogP contribution in [0.1, 0.15) is 67.3 Å². The van der Waals surface area contributed by atoms with Gasteiger partial charge in [-0.25, -0.2) is 0 Å². The van der Waals surface area contributed by atoms with Crippen LogP contribution >= 0.6 is 11.6 Å². The van der Waals surface area contributed by atoms with E-state index in [-0.39, 0.29) is 17.9 Å². The number of carbonyl (C=O) groups excluding carboxylic acids is 4. The number of carbonyl (C=O) groups is 4. The lowest BCUT2D eigenvalue weighted by Crippen LogP contribution is -2.55. The summed E-state index contributed by atoms with van der Waals surface area (Å²) in [6, 6.07) is 15.5. The van der Waals surface area contributed by atoms with Gasteiger partial charge in [0.05, 0.1) is 19.1 Å². The number of Topliss-reactive ketones (excluding diaryl/α,β-unsaturated/α-hetero) is 1. The van der Waals surface area contributed by atoms with E-state index < -0.39 is 59.6 Å². The predicted molar refractivity (Wildman–Crippen MR) is 183 cm³/mol. The molecule has 0 spiro atoms. The standard InChI is InChI=1S/C37H42ClF3N4O5/c1-21(2)31(33(46)37(39,40)41)44-36(49)32(26-13-17-28(50-3)18-14-26)45-34(47)29(19-22-7-9-23(20-42)10-8-22)43-35(48)30(24-5-4-6-24)25-11-15-27(38)16-12-25/h7-18,21,24,29-32H,4-6,19-20,42H2,1-3H3,(H,43,48)(H,44,49)(H,45,47)/t29-,30?,31-,32-/m0/s1. The van der Waals surface area contributed by atoms with Gasteiger partial charge in [0, 0.05) is 18.0 Å². The second-order valence-corrected chi connectivity index (χ2v) is 13.2. The van der Waals surface area contributed by atoms with E-state index in [9.17, 15) is 32.3 Å². The number of hydrogen-bond donors (Lipinski definition) is 4. The Morgan fingerprint density at radius 3 is 1.90 bits per heavy atom. The molecular weight excluding hydrogens is 673 g/mol. The number of halogens is 4. The summed E-state index contributed by atoms with van der Waals surface area (Å²) in [5.74, 6) is -5.32. The van der Waals surface area contributed by atoms with Gasteiger partial charge in [-0.05, 0) is 71.2 Å². The number of ether oxygens (including phenoxy) is 1. The van der Waals surface area contributed by atoms with Crippen molar-refractivity contribution in [1.29, 1.82) is 0 Å². The zero-order valence-electron chi connectivity index (χ0n) is 28.1. The van der Waals surface area contributed by atoms with Crippen LogP contribution in [-0.2, 0) is 32.1 Å². The van der Waals surface area contributed by atoms with Crippen LogP contribution in [0.3, 0.4) is 0 Å². The summed E-state index contributed by atoms with van der Waals surface area (Å²) in [4.78, 5) is 54.2. The Kier molecular flexibility index (Phi) is 13.0. The molecule has 0 aliphatic heterocycles. The molecule has 4 rings (SSSR count). The first-order chi connectivity index (χ1) is 23.7. The maximum atomic E-state index is 14.2. The minimum Gasteiger partial charge on any atom is -0.497 e. The highest BCUT2D eigenvalue weighted by molar-refractivity contribution is 6.30. The molecular formula is C37H42ClF3N4O5. The van der Waals surface area contributed by atoms with Gasteiger partial charge in [0.25, 0.3) is 5.78 Å². The zero-order chi connectivity index (χ0) is 36.6. The molecule has 3 aromatic carbocycles. The molecule has 3 aromatic rings. The smallest absolute Gasteiger partial charge is 0.452 e. The number of rotatable bonds is 15. The number of nitrogens with two attached hydrogens (primary N) is 1. The molecule has 1 aliphatic carbocycles. The summed E-state index contributed by atoms with van der Waals surface area (Å²) >= 11 is 6.12. The van der Waals surface area contributed by atoms with Crippen molar-refractivity contribution in [2.24, 2.45) is 17.6 Å². The third kappa shape index (κ3) is 9.85. The second kappa shape index (κ2) is 17.0. The molecule has 1 unspecified atom stereocenters. The Bertz CT molecular complexity index is 1630. The molecule has 0 saturated heterocycles. The van der Waals surface area contributed by atoms with E-state index in [2.05, 4.69) is 16.0 Å². The maximum Gasteiger partial charge on any atom is 0.452 e. The molecule has 1 saturated carbocycles. The predicted octanol–water partition coefficient (Wildman–Crippen LogP) is 5.55. The number of methoxy groups -OCH3 is 1. The van der Waals surface area contributed by atoms with Crippen molar-refractivity contribution in [2.45, 2.75) is 76.3 Å². The quantitative estimate of drug-likeness (QED) is 0.163. The molecule has 1 aliphatic rings. The summed E-state index contributed by atoms with van der Waals surface area (Å²) in [5, 5.41) is 8.27. The number of hydrogen-bond acceptors (Lipinski definition) is 6. The van der Waals surface area contributed by atoms with Crippen LogP contribution in [0.25, 0.3) is 0 Å². The normalized spacial score (nSPS) is 15.6. The summed E-state index contributed by atoms with van der Waals surface area (Å²) in [7, 11) is 1.44. The Balaban J connectivity index is 1.68. The number of ketones is 1. The fraction of sp³-hybridized carbons (Fsp3) is 0.405. The van der Waals surface area contributed by atoms with E-state index in [1.54, 1.807) is 48.5 Å². The maximum absolute atomic E-state index is 14.2. The fourth-order valence-electron chi connectivity index (χ4n) is 5.89. The topological polar surface area (TPSA) is 140 Å². The van der Waals surface area contributed by atoms with Gasteiger partial charge in [0.1, 0.15) is 17.8 Å². The van der Waals surface area contributed by atoms with Gasteiger partial charge in [-0.2, -0.15) is 13.2 Å². The zero-order valence-corrected chi connectivity index (χ0v) is 28.8. The largest absolute Gasteiger partial charge is 0.497 e. The molecule has 0 bridgehead atoms. The Morgan fingerprint density at radius 2 is 1.40 bits per heavy atom. The molecule has 13 heteroatoms. The van der Waals surface area contributed by atoms with E-state index in [0.717, 1.165) is 30.4 Å². The Hall–Kier alpha value is -4.42. The molecule has 0 heterocycles. The van der Waals surface area contributed by atoms with Gasteiger partial charge in [-0.3, -0.25) is 19.2 Å². The van der Waals surface area contributed by atoms with Crippen molar-refractivity contribution < 1.29 is 37.1 Å². The van der Waals surface area contributed by atoms with E-state index in [4.69, 9.17) is 22.1 Å². The van der Waals surface area contributed by atoms with Crippen LogP contribution < -0.4 is 26.4 Å². The SMILES string of the molecule is COc1ccc([C@H](NC(=O)[C@H](Cc2ccc(CN)cc2)NC(=O)C(c2ccc(Cl)cc2)C2CCC2)C(=O)N[C@H](C(=O)C(F)(F)F)C(C)C)cc1. The van der Waals surface area contributed by atoms with Gasteiger partial charge >= 0.3 is 6.18 Å². The molecule has 0 aromatic heterocycles. The van der Waals surface area contributed by atoms with Crippen LogP contribution in [-0.4, -0.2) is 48.9 Å². The first-order valence-corrected chi connectivity index (χ1v) is 16.8. The number of nitrogens with one attached hydrogen (secondary N) is 3. The average Bonchev–Trinajstić information content (AvgIpc) is 3.07. The monoisotopic (exact) mass is 714 g/mol. The Labute approximate surface area is 294 Å². The van der Waals surface area contributed by atoms with E-state index >= 15 is 0 Å². The lowest BCUT2D eigenvalue weighted by atomic mass is 9.72. The van der Waals surface area contributed by atoms with E-state index in [0.29, 0.717) is 22.9 Å². The van der Waals surface area contributed by atoms with Crippen molar-refractivity contribution in [1.82, 2.24) is 16.0 Å². The minimum absolute atomic E-state index is 0.0263. The third-order valence-corrected chi connectivity index (χ3v) is 9.24. The van der Waals surface area contributed by atoms with Gasteiger partial charge in [0.2, 0.25) is 17.7 Å². The molecule has 1 fully saturated rings. The summed E-state index contributed by atoms with van der Waals surface area (Å²) < 4.78 is 45.6. The first kappa shape index (κ1) is 38.4. The summed E-state index contributed by atoms with van der Waals surface area (Å²) in [6.45, 7) is 3.05. The van der Waals surface area contributed by atoms with Crippen molar-refractivity contribution in [2.75, 3.05) is 7.11 Å². The highest BCUT2D eigenvalue weighted by Gasteiger charge is 2.46. The van der Waals surface area contributed by atoms with Gasteiger partial charge < -0.3 is 26.4 Å². The van der Waals surface area contributed by atoms with Crippen molar-refractivity contribution in [3.05, 3.63) is 100 Å².